The molecule has 0 amide bonds. The van der Waals surface area contributed by atoms with Gasteiger partial charge in [-0.1, -0.05) is 24.2 Å². The first-order valence-corrected chi connectivity index (χ1v) is 8.55. The number of anilines is 1. The number of hydrogen-bond acceptors (Lipinski definition) is 5. The molecule has 0 spiro atoms. The maximum Gasteiger partial charge on any atom is 0.183 e. The molecule has 0 bridgehead atoms. The van der Waals surface area contributed by atoms with E-state index in [1.54, 1.807) is 11.3 Å². The molecule has 1 N–H and O–H groups in total. The van der Waals surface area contributed by atoms with Crippen molar-refractivity contribution in [3.63, 3.8) is 0 Å². The third-order valence-electron chi connectivity index (χ3n) is 3.70. The van der Waals surface area contributed by atoms with Gasteiger partial charge in [-0.2, -0.15) is 0 Å². The van der Waals surface area contributed by atoms with Gasteiger partial charge in [0.1, 0.15) is 5.75 Å². The predicted octanol–water partition coefficient (Wildman–Crippen LogP) is 4.07. The summed E-state index contributed by atoms with van der Waals surface area (Å²) in [7, 11) is 0. The zero-order valence-corrected chi connectivity index (χ0v) is 13.2. The fourth-order valence-electron chi connectivity index (χ4n) is 2.68. The molecular weight excluding hydrogens is 284 g/mol. The predicted molar refractivity (Wildman–Crippen MR) is 87.5 cm³/mol. The number of rotatable bonds is 7. The number of fused-ring (bicyclic) bond motifs is 1. The fourth-order valence-corrected chi connectivity index (χ4v) is 3.60. The van der Waals surface area contributed by atoms with Crippen LogP contribution >= 0.6 is 11.3 Å². The van der Waals surface area contributed by atoms with Crippen LogP contribution < -0.4 is 10.1 Å². The van der Waals surface area contributed by atoms with Crippen molar-refractivity contribution >= 4 is 26.7 Å². The molecule has 1 aromatic heterocycles. The molecular formula is C16H22N2O2S. The second-order valence-electron chi connectivity index (χ2n) is 5.29. The highest BCUT2D eigenvalue weighted by Crippen LogP contribution is 2.29. The molecule has 114 valence electrons. The Labute approximate surface area is 129 Å². The fraction of sp³-hybridized carbons (Fsp3) is 0.562. The van der Waals surface area contributed by atoms with Crippen LogP contribution in [0.1, 0.15) is 32.6 Å². The summed E-state index contributed by atoms with van der Waals surface area (Å²) in [4.78, 5) is 4.58. The Morgan fingerprint density at radius 2 is 2.19 bits per heavy atom. The van der Waals surface area contributed by atoms with Crippen LogP contribution in [0.5, 0.6) is 5.75 Å². The van der Waals surface area contributed by atoms with E-state index in [-0.39, 0.29) is 0 Å². The van der Waals surface area contributed by atoms with Gasteiger partial charge < -0.3 is 14.8 Å². The minimum absolute atomic E-state index is 0.482. The Hall–Kier alpha value is -1.33. The highest BCUT2D eigenvalue weighted by molar-refractivity contribution is 7.22. The van der Waals surface area contributed by atoms with E-state index >= 15 is 0 Å². The van der Waals surface area contributed by atoms with Crippen molar-refractivity contribution in [3.05, 3.63) is 18.2 Å². The second-order valence-corrected chi connectivity index (χ2v) is 6.32. The highest BCUT2D eigenvalue weighted by atomic mass is 32.1. The number of benzene rings is 1. The Kier molecular flexibility index (Phi) is 4.93. The molecule has 1 aliphatic rings. The average molecular weight is 306 g/mol. The van der Waals surface area contributed by atoms with Crippen molar-refractivity contribution < 1.29 is 9.47 Å². The first kappa shape index (κ1) is 14.6. The Morgan fingerprint density at radius 1 is 1.33 bits per heavy atom. The van der Waals surface area contributed by atoms with Crippen LogP contribution in [0.2, 0.25) is 0 Å². The van der Waals surface area contributed by atoms with E-state index < -0.39 is 0 Å². The molecule has 5 heteroatoms. The quantitative estimate of drug-likeness (QED) is 0.783. The molecule has 0 radical (unpaired) electrons. The van der Waals surface area contributed by atoms with Crippen LogP contribution in [-0.4, -0.2) is 30.8 Å². The lowest BCUT2D eigenvalue weighted by Crippen LogP contribution is -2.15. The summed E-state index contributed by atoms with van der Waals surface area (Å²) in [6.07, 6.45) is 5.56. The van der Waals surface area contributed by atoms with Gasteiger partial charge in [0.2, 0.25) is 0 Å². The van der Waals surface area contributed by atoms with E-state index in [0.717, 1.165) is 34.2 Å². The minimum Gasteiger partial charge on any atom is -0.494 e. The first-order chi connectivity index (χ1) is 10.3. The minimum atomic E-state index is 0.482. The molecule has 1 aromatic carbocycles. The van der Waals surface area contributed by atoms with Crippen LogP contribution in [0.3, 0.4) is 0 Å². The van der Waals surface area contributed by atoms with Crippen molar-refractivity contribution in [1.29, 1.82) is 0 Å². The lowest BCUT2D eigenvalue weighted by molar-refractivity contribution is 0.0659. The van der Waals surface area contributed by atoms with E-state index in [0.29, 0.717) is 12.7 Å². The van der Waals surface area contributed by atoms with Crippen LogP contribution in [0.25, 0.3) is 10.2 Å². The molecule has 0 atom stereocenters. The summed E-state index contributed by atoms with van der Waals surface area (Å²) in [5.74, 6) is 0.907. The Balaban J connectivity index is 1.51. The van der Waals surface area contributed by atoms with E-state index in [2.05, 4.69) is 16.4 Å². The monoisotopic (exact) mass is 306 g/mol. The summed E-state index contributed by atoms with van der Waals surface area (Å²) in [6, 6.07) is 6.03. The van der Waals surface area contributed by atoms with Crippen LogP contribution in [-0.2, 0) is 4.74 Å². The molecule has 1 aliphatic carbocycles. The maximum absolute atomic E-state index is 5.84. The van der Waals surface area contributed by atoms with Crippen molar-refractivity contribution in [2.45, 2.75) is 38.7 Å². The van der Waals surface area contributed by atoms with E-state index in [1.165, 1.54) is 25.7 Å². The van der Waals surface area contributed by atoms with Gasteiger partial charge in [0.15, 0.2) is 5.13 Å². The van der Waals surface area contributed by atoms with Gasteiger partial charge in [0, 0.05) is 6.54 Å². The first-order valence-electron chi connectivity index (χ1n) is 7.74. The number of nitrogens with one attached hydrogen (secondary N) is 1. The molecule has 2 aromatic rings. The number of nitrogens with zero attached hydrogens (tertiary/aromatic N) is 1. The van der Waals surface area contributed by atoms with Crippen LogP contribution in [0.15, 0.2) is 18.2 Å². The third kappa shape index (κ3) is 3.86. The van der Waals surface area contributed by atoms with Crippen molar-refractivity contribution in [2.75, 3.05) is 25.1 Å². The highest BCUT2D eigenvalue weighted by Gasteiger charge is 2.14. The van der Waals surface area contributed by atoms with E-state index in [9.17, 15) is 0 Å². The van der Waals surface area contributed by atoms with Gasteiger partial charge in [0.05, 0.1) is 29.5 Å². The summed E-state index contributed by atoms with van der Waals surface area (Å²) >= 11 is 1.66. The summed E-state index contributed by atoms with van der Waals surface area (Å²) < 4.78 is 12.5. The third-order valence-corrected chi connectivity index (χ3v) is 4.68. The summed E-state index contributed by atoms with van der Waals surface area (Å²) in [5, 5.41) is 4.30. The molecule has 0 unspecified atom stereocenters. The lowest BCUT2D eigenvalue weighted by Gasteiger charge is -2.10. The van der Waals surface area contributed by atoms with Gasteiger partial charge in [-0.05, 0) is 38.0 Å². The van der Waals surface area contributed by atoms with Crippen molar-refractivity contribution in [2.24, 2.45) is 0 Å². The summed E-state index contributed by atoms with van der Waals surface area (Å²) in [5.41, 5.74) is 1.02. The topological polar surface area (TPSA) is 43.4 Å². The average Bonchev–Trinajstić information content (AvgIpc) is 3.12. The number of hydrogen-bond donors (Lipinski definition) is 1. The smallest absolute Gasteiger partial charge is 0.183 e. The van der Waals surface area contributed by atoms with Gasteiger partial charge in [-0.25, -0.2) is 4.98 Å². The zero-order valence-electron chi connectivity index (χ0n) is 12.4. The normalized spacial score (nSPS) is 15.7. The van der Waals surface area contributed by atoms with Gasteiger partial charge >= 0.3 is 0 Å². The molecule has 1 fully saturated rings. The molecule has 3 rings (SSSR count). The molecule has 0 aliphatic heterocycles. The van der Waals surface area contributed by atoms with Crippen LogP contribution in [0.4, 0.5) is 5.13 Å². The van der Waals surface area contributed by atoms with Gasteiger partial charge in [0.25, 0.3) is 0 Å². The number of aromatic nitrogens is 1. The number of ether oxygens (including phenoxy) is 2. The Morgan fingerprint density at radius 3 is 3.00 bits per heavy atom. The van der Waals surface area contributed by atoms with Crippen molar-refractivity contribution in [1.82, 2.24) is 4.98 Å². The van der Waals surface area contributed by atoms with Crippen molar-refractivity contribution in [3.8, 4) is 5.75 Å². The SMILES string of the molecule is CCOc1ccc2nc(NCCOC3CCCC3)sc2c1. The Bertz CT molecular complexity index is 579. The van der Waals surface area contributed by atoms with Gasteiger partial charge in [-0.3, -0.25) is 0 Å². The molecule has 1 saturated carbocycles. The van der Waals surface area contributed by atoms with E-state index in [1.807, 2.05) is 19.1 Å². The number of thiazole rings is 1. The maximum atomic E-state index is 5.84. The van der Waals surface area contributed by atoms with Crippen LogP contribution in [0, 0.1) is 0 Å². The van der Waals surface area contributed by atoms with E-state index in [4.69, 9.17) is 9.47 Å². The standard InChI is InChI=1S/C16H22N2O2S/c1-2-19-13-7-8-14-15(11-13)21-16(18-14)17-9-10-20-12-5-3-4-6-12/h7-8,11-12H,2-6,9-10H2,1H3,(H,17,18). The molecule has 1 heterocycles. The van der Waals surface area contributed by atoms with Gasteiger partial charge in [-0.15, -0.1) is 0 Å². The zero-order chi connectivity index (χ0) is 14.5. The summed E-state index contributed by atoms with van der Waals surface area (Å²) in [6.45, 7) is 4.25. The molecule has 0 saturated heterocycles. The largest absolute Gasteiger partial charge is 0.494 e. The second kappa shape index (κ2) is 7.09. The molecule has 4 nitrogen and oxygen atoms in total. The lowest BCUT2D eigenvalue weighted by atomic mass is 10.3. The molecule has 21 heavy (non-hydrogen) atoms.